The highest BCUT2D eigenvalue weighted by atomic mass is 32.1. The molecule has 0 aromatic carbocycles. The van der Waals surface area contributed by atoms with E-state index >= 15 is 0 Å². The van der Waals surface area contributed by atoms with Gasteiger partial charge in [0.25, 0.3) is 0 Å². The molecule has 140 valence electrons. The van der Waals surface area contributed by atoms with Gasteiger partial charge >= 0.3 is 0 Å². The Kier molecular flexibility index (Phi) is 2.93. The molecule has 0 aliphatic heterocycles. The lowest BCUT2D eigenvalue weighted by Crippen LogP contribution is -2.64. The van der Waals surface area contributed by atoms with Crippen LogP contribution >= 0.6 is 12.6 Å². The summed E-state index contributed by atoms with van der Waals surface area (Å²) in [7, 11) is 0. The molecule has 0 N–H and O–H groups in total. The first-order valence-corrected chi connectivity index (χ1v) is 12.1. The number of hydrogen-bond donors (Lipinski definition) is 1. The Bertz CT molecular complexity index is 628. The van der Waals surface area contributed by atoms with E-state index in [1.54, 1.807) is 19.3 Å². The molecule has 12 unspecified atom stereocenters. The van der Waals surface area contributed by atoms with E-state index in [9.17, 15) is 0 Å². The Morgan fingerprint density at radius 2 is 1.56 bits per heavy atom. The quantitative estimate of drug-likeness (QED) is 0.561. The van der Waals surface area contributed by atoms with Crippen LogP contribution in [0.5, 0.6) is 0 Å². The predicted molar refractivity (Wildman–Crippen MR) is 108 cm³/mol. The third kappa shape index (κ3) is 1.49. The summed E-state index contributed by atoms with van der Waals surface area (Å²) in [5.74, 6) is 11.3. The molecule has 7 fully saturated rings. The maximum Gasteiger partial charge on any atom is -0.00923 e. The molecule has 0 aromatic heterocycles. The number of thiol groups is 1. The molecule has 2 bridgehead atoms. The van der Waals surface area contributed by atoms with Crippen LogP contribution in [0.4, 0.5) is 0 Å². The molecule has 7 aliphatic rings. The molecule has 0 heterocycles. The van der Waals surface area contributed by atoms with E-state index in [2.05, 4.69) is 34.6 Å². The van der Waals surface area contributed by atoms with Crippen molar-refractivity contribution in [3.8, 4) is 0 Å². The van der Waals surface area contributed by atoms with Crippen LogP contribution in [0.2, 0.25) is 0 Å². The molecule has 0 nitrogen and oxygen atoms in total. The fraction of sp³-hybridized carbons (Fsp3) is 1.00. The molecule has 13 atom stereocenters. The Hall–Kier alpha value is 0.350. The van der Waals surface area contributed by atoms with Gasteiger partial charge in [-0.25, -0.2) is 0 Å². The summed E-state index contributed by atoms with van der Waals surface area (Å²) >= 11 is 4.83. The molecule has 7 aliphatic carbocycles. The third-order valence-corrected chi connectivity index (χ3v) is 12.5. The molecule has 1 heteroatoms. The van der Waals surface area contributed by atoms with Crippen molar-refractivity contribution in [3.63, 3.8) is 0 Å². The van der Waals surface area contributed by atoms with Gasteiger partial charge < -0.3 is 0 Å². The average Bonchev–Trinajstić information content (AvgIpc) is 3.43. The van der Waals surface area contributed by atoms with Crippen molar-refractivity contribution in [2.75, 3.05) is 5.75 Å². The Balaban J connectivity index is 1.52. The maximum atomic E-state index is 4.83. The van der Waals surface area contributed by atoms with Gasteiger partial charge in [-0.15, -0.1) is 0 Å². The van der Waals surface area contributed by atoms with E-state index in [0.717, 1.165) is 70.3 Å². The summed E-state index contributed by atoms with van der Waals surface area (Å²) in [5.41, 5.74) is 2.08. The van der Waals surface area contributed by atoms with E-state index in [-0.39, 0.29) is 0 Å². The summed E-state index contributed by atoms with van der Waals surface area (Å²) in [4.78, 5) is 0. The highest BCUT2D eigenvalue weighted by Crippen LogP contribution is 2.88. The van der Waals surface area contributed by atoms with Crippen LogP contribution in [0.3, 0.4) is 0 Å². The van der Waals surface area contributed by atoms with Gasteiger partial charge in [-0.05, 0) is 113 Å². The van der Waals surface area contributed by atoms with E-state index in [1.807, 2.05) is 0 Å². The van der Waals surface area contributed by atoms with Crippen molar-refractivity contribution in [2.45, 2.75) is 66.7 Å². The summed E-state index contributed by atoms with van der Waals surface area (Å²) in [6.45, 7) is 13.4. The van der Waals surface area contributed by atoms with Crippen LogP contribution in [0.1, 0.15) is 66.7 Å². The first kappa shape index (κ1) is 16.3. The molecule has 0 radical (unpaired) electrons. The molecular formula is C24H38S. The lowest BCUT2D eigenvalue weighted by Gasteiger charge is -2.69. The molecule has 7 rings (SSSR count). The Morgan fingerprint density at radius 3 is 2.28 bits per heavy atom. The van der Waals surface area contributed by atoms with E-state index in [4.69, 9.17) is 12.6 Å². The summed E-state index contributed by atoms with van der Waals surface area (Å²) in [6, 6.07) is 0. The zero-order chi connectivity index (χ0) is 17.5. The summed E-state index contributed by atoms with van der Waals surface area (Å²) in [6.07, 6.45) is 7.75. The van der Waals surface area contributed by atoms with Crippen LogP contribution in [0, 0.1) is 75.4 Å². The van der Waals surface area contributed by atoms with E-state index < -0.39 is 0 Å². The molecule has 1 spiro atoms. The fourth-order valence-corrected chi connectivity index (χ4v) is 11.5. The zero-order valence-electron chi connectivity index (χ0n) is 17.0. The van der Waals surface area contributed by atoms with Gasteiger partial charge in [0.15, 0.2) is 0 Å². The van der Waals surface area contributed by atoms with Gasteiger partial charge in [-0.3, -0.25) is 0 Å². The first-order chi connectivity index (χ1) is 11.8. The van der Waals surface area contributed by atoms with Crippen LogP contribution < -0.4 is 0 Å². The van der Waals surface area contributed by atoms with Crippen molar-refractivity contribution in [2.24, 2.45) is 75.4 Å². The molecule has 0 aromatic rings. The van der Waals surface area contributed by atoms with Crippen molar-refractivity contribution >= 4 is 12.6 Å². The largest absolute Gasteiger partial charge is 0.179 e. The number of hydrogen-bond acceptors (Lipinski definition) is 1. The topological polar surface area (TPSA) is 0 Å². The SMILES string of the molecule is CC1C(C)C2C(CCS)(C(C)C3C[C@@]32C)C2CC3(C1C)C1CC1CC23. The van der Waals surface area contributed by atoms with Crippen LogP contribution in [-0.4, -0.2) is 5.75 Å². The van der Waals surface area contributed by atoms with Crippen molar-refractivity contribution < 1.29 is 0 Å². The molecule has 7 saturated carbocycles. The Morgan fingerprint density at radius 1 is 0.840 bits per heavy atom. The minimum Gasteiger partial charge on any atom is -0.179 e. The van der Waals surface area contributed by atoms with Crippen molar-refractivity contribution in [3.05, 3.63) is 0 Å². The normalized spacial score (nSPS) is 71.8. The highest BCUT2D eigenvalue weighted by Gasteiger charge is 2.82. The lowest BCUT2D eigenvalue weighted by molar-refractivity contribution is -0.217. The van der Waals surface area contributed by atoms with E-state index in [1.165, 1.54) is 12.8 Å². The van der Waals surface area contributed by atoms with Gasteiger partial charge in [0.1, 0.15) is 0 Å². The predicted octanol–water partition coefficient (Wildman–Crippen LogP) is 6.17. The van der Waals surface area contributed by atoms with Crippen LogP contribution in [0.25, 0.3) is 0 Å². The summed E-state index contributed by atoms with van der Waals surface area (Å²) < 4.78 is 0. The molecule has 0 amide bonds. The second-order valence-corrected chi connectivity index (χ2v) is 12.5. The average molecular weight is 359 g/mol. The maximum absolute atomic E-state index is 4.83. The van der Waals surface area contributed by atoms with Crippen molar-refractivity contribution in [1.29, 1.82) is 0 Å². The van der Waals surface area contributed by atoms with Gasteiger partial charge in [-0.1, -0.05) is 34.6 Å². The van der Waals surface area contributed by atoms with Crippen LogP contribution in [0.15, 0.2) is 0 Å². The van der Waals surface area contributed by atoms with E-state index in [0.29, 0.717) is 10.8 Å². The molecule has 0 saturated heterocycles. The number of rotatable bonds is 2. The lowest BCUT2D eigenvalue weighted by atomic mass is 9.35. The van der Waals surface area contributed by atoms with Gasteiger partial charge in [0.05, 0.1) is 0 Å². The van der Waals surface area contributed by atoms with Gasteiger partial charge in [0, 0.05) is 0 Å². The zero-order valence-corrected chi connectivity index (χ0v) is 17.9. The second kappa shape index (κ2) is 4.49. The smallest absolute Gasteiger partial charge is 0.00923 e. The van der Waals surface area contributed by atoms with Crippen molar-refractivity contribution in [1.82, 2.24) is 0 Å². The third-order valence-electron chi connectivity index (χ3n) is 12.2. The second-order valence-electron chi connectivity index (χ2n) is 12.0. The minimum absolute atomic E-state index is 0.637. The molecule has 25 heavy (non-hydrogen) atoms. The van der Waals surface area contributed by atoms with Crippen LogP contribution in [-0.2, 0) is 0 Å². The first-order valence-electron chi connectivity index (χ1n) is 11.4. The highest BCUT2D eigenvalue weighted by molar-refractivity contribution is 7.80. The fourth-order valence-electron chi connectivity index (χ4n) is 11.1. The summed E-state index contributed by atoms with van der Waals surface area (Å²) in [5, 5.41) is 0. The standard InChI is InChI=1S/C24H38S/c1-12-13(2)21-22(5)10-19(22)15(4)23(21,6-7-25)20-11-24(14(12)3)17-8-16(17)9-18(20)24/h12-21,25H,6-11H2,1-5H3/t12?,13?,14?,15?,16?,17?,18?,19?,20?,21?,22-,23?,24?/m0/s1. The van der Waals surface area contributed by atoms with Gasteiger partial charge in [-0.2, -0.15) is 12.6 Å². The minimum atomic E-state index is 0.637. The Labute approximate surface area is 160 Å². The van der Waals surface area contributed by atoms with Gasteiger partial charge in [0.2, 0.25) is 0 Å². The number of fused-ring (bicyclic) bond motifs is 4. The molecular weight excluding hydrogens is 320 g/mol. The monoisotopic (exact) mass is 358 g/mol.